The fourth-order valence-electron chi connectivity index (χ4n) is 2.30. The van der Waals surface area contributed by atoms with Gasteiger partial charge in [0.15, 0.2) is 0 Å². The van der Waals surface area contributed by atoms with Crippen LogP contribution in [-0.4, -0.2) is 30.6 Å². The van der Waals surface area contributed by atoms with Gasteiger partial charge in [-0.3, -0.25) is 4.90 Å². The van der Waals surface area contributed by atoms with Crippen LogP contribution >= 0.6 is 12.4 Å². The molecule has 1 heterocycles. The normalized spacial score (nSPS) is 20.6. The van der Waals surface area contributed by atoms with E-state index in [4.69, 9.17) is 0 Å². The Balaban J connectivity index is 0.00000200. The predicted octanol–water partition coefficient (Wildman–Crippen LogP) is 3.06. The molecule has 0 amide bonds. The van der Waals surface area contributed by atoms with E-state index in [9.17, 15) is 17.6 Å². The molecule has 1 aliphatic rings. The van der Waals surface area contributed by atoms with Gasteiger partial charge >= 0.3 is 6.18 Å². The Morgan fingerprint density at radius 2 is 2.05 bits per heavy atom. The van der Waals surface area contributed by atoms with Crippen LogP contribution in [0.15, 0.2) is 18.2 Å². The molecular formula is C13H17ClF4N2. The smallest absolute Gasteiger partial charge is 0.312 e. The third-order valence-electron chi connectivity index (χ3n) is 3.20. The number of piperazine rings is 1. The van der Waals surface area contributed by atoms with Crippen molar-refractivity contribution in [2.24, 2.45) is 0 Å². The largest absolute Gasteiger partial charge is 0.419 e. The number of halogens is 5. The zero-order valence-corrected chi connectivity index (χ0v) is 11.8. The highest BCUT2D eigenvalue weighted by Gasteiger charge is 2.34. The van der Waals surface area contributed by atoms with Crippen molar-refractivity contribution in [2.45, 2.75) is 25.7 Å². The van der Waals surface area contributed by atoms with Gasteiger partial charge < -0.3 is 5.32 Å². The molecule has 0 saturated carbocycles. The molecule has 1 unspecified atom stereocenters. The van der Waals surface area contributed by atoms with Gasteiger partial charge in [-0.25, -0.2) is 4.39 Å². The Hall–Kier alpha value is -0.850. The maximum absolute atomic E-state index is 13.2. The number of nitrogens with one attached hydrogen (secondary N) is 1. The van der Waals surface area contributed by atoms with Crippen molar-refractivity contribution in [3.8, 4) is 0 Å². The first kappa shape index (κ1) is 17.2. The highest BCUT2D eigenvalue weighted by molar-refractivity contribution is 5.85. The molecule has 0 aromatic heterocycles. The summed E-state index contributed by atoms with van der Waals surface area (Å²) in [5.74, 6) is -1.22. The second-order valence-electron chi connectivity index (χ2n) is 4.90. The summed E-state index contributed by atoms with van der Waals surface area (Å²) in [7, 11) is 0. The third-order valence-corrected chi connectivity index (χ3v) is 3.20. The predicted molar refractivity (Wildman–Crippen MR) is 71.4 cm³/mol. The first-order chi connectivity index (χ1) is 8.86. The number of hydrogen-bond acceptors (Lipinski definition) is 2. The average Bonchev–Trinajstić information content (AvgIpc) is 2.30. The maximum Gasteiger partial charge on any atom is 0.419 e. The highest BCUT2D eigenvalue weighted by atomic mass is 35.5. The van der Waals surface area contributed by atoms with Crippen LogP contribution in [0.1, 0.15) is 18.1 Å². The third kappa shape index (κ3) is 4.33. The summed E-state index contributed by atoms with van der Waals surface area (Å²) in [6.45, 7) is 4.81. The van der Waals surface area contributed by atoms with Crippen molar-refractivity contribution in [3.63, 3.8) is 0 Å². The molecule has 1 fully saturated rings. The number of nitrogens with zero attached hydrogens (tertiary/aromatic N) is 1. The lowest BCUT2D eigenvalue weighted by Gasteiger charge is -2.31. The van der Waals surface area contributed by atoms with E-state index in [0.29, 0.717) is 18.2 Å². The van der Waals surface area contributed by atoms with Gasteiger partial charge in [0, 0.05) is 32.2 Å². The van der Waals surface area contributed by atoms with Crippen LogP contribution in [0, 0.1) is 5.82 Å². The Morgan fingerprint density at radius 1 is 1.35 bits per heavy atom. The number of hydrogen-bond donors (Lipinski definition) is 1. The molecule has 20 heavy (non-hydrogen) atoms. The SMILES string of the molecule is CC1CN(Cc2ccc(F)c(C(F)(F)F)c2)CCN1.Cl. The first-order valence-electron chi connectivity index (χ1n) is 6.17. The lowest BCUT2D eigenvalue weighted by molar-refractivity contribution is -0.140. The Labute approximate surface area is 121 Å². The summed E-state index contributed by atoms with van der Waals surface area (Å²) in [4.78, 5) is 2.06. The van der Waals surface area contributed by atoms with Crippen molar-refractivity contribution >= 4 is 12.4 Å². The lowest BCUT2D eigenvalue weighted by Crippen LogP contribution is -2.48. The van der Waals surface area contributed by atoms with Gasteiger partial charge in [0.05, 0.1) is 5.56 Å². The minimum absolute atomic E-state index is 0. The molecule has 1 N–H and O–H groups in total. The van der Waals surface area contributed by atoms with Crippen molar-refractivity contribution in [1.82, 2.24) is 10.2 Å². The zero-order chi connectivity index (χ0) is 14.0. The molecule has 1 aromatic rings. The second-order valence-corrected chi connectivity index (χ2v) is 4.90. The summed E-state index contributed by atoms with van der Waals surface area (Å²) in [5.41, 5.74) is -0.698. The molecule has 0 spiro atoms. The summed E-state index contributed by atoms with van der Waals surface area (Å²) in [5, 5.41) is 3.26. The summed E-state index contributed by atoms with van der Waals surface area (Å²) in [6.07, 6.45) is -4.64. The number of benzene rings is 1. The molecule has 0 aliphatic carbocycles. The van der Waals surface area contributed by atoms with Crippen molar-refractivity contribution in [1.29, 1.82) is 0 Å². The minimum atomic E-state index is -4.64. The van der Waals surface area contributed by atoms with E-state index in [0.717, 1.165) is 31.8 Å². The van der Waals surface area contributed by atoms with E-state index in [1.165, 1.54) is 6.07 Å². The van der Waals surface area contributed by atoms with Gasteiger partial charge in [0.2, 0.25) is 0 Å². The zero-order valence-electron chi connectivity index (χ0n) is 11.0. The standard InChI is InChI=1S/C13H16F4N2.ClH/c1-9-7-19(5-4-18-9)8-10-2-3-12(14)11(6-10)13(15,16)17;/h2-3,6,9,18H,4-5,7-8H2,1H3;1H. The summed E-state index contributed by atoms with van der Waals surface area (Å²) < 4.78 is 51.0. The maximum atomic E-state index is 13.2. The Morgan fingerprint density at radius 3 is 2.65 bits per heavy atom. The van der Waals surface area contributed by atoms with Gasteiger partial charge in [-0.1, -0.05) is 6.07 Å². The first-order valence-corrected chi connectivity index (χ1v) is 6.17. The number of alkyl halides is 3. The van der Waals surface area contributed by atoms with Crippen LogP contribution in [-0.2, 0) is 12.7 Å². The van der Waals surface area contributed by atoms with Crippen LogP contribution in [0.5, 0.6) is 0 Å². The number of rotatable bonds is 2. The Kier molecular flexibility index (Phi) is 5.79. The molecule has 2 nitrogen and oxygen atoms in total. The molecule has 7 heteroatoms. The fourth-order valence-corrected chi connectivity index (χ4v) is 2.30. The van der Waals surface area contributed by atoms with E-state index in [1.807, 2.05) is 6.92 Å². The van der Waals surface area contributed by atoms with Gasteiger partial charge in [-0.15, -0.1) is 12.4 Å². The summed E-state index contributed by atoms with van der Waals surface area (Å²) >= 11 is 0. The molecule has 1 aromatic carbocycles. The monoisotopic (exact) mass is 312 g/mol. The van der Waals surface area contributed by atoms with Crippen LogP contribution in [0.2, 0.25) is 0 Å². The van der Waals surface area contributed by atoms with E-state index in [2.05, 4.69) is 10.2 Å². The van der Waals surface area contributed by atoms with E-state index >= 15 is 0 Å². The summed E-state index contributed by atoms with van der Waals surface area (Å²) in [6, 6.07) is 3.53. The van der Waals surface area contributed by atoms with Crippen LogP contribution in [0.25, 0.3) is 0 Å². The van der Waals surface area contributed by atoms with Crippen molar-refractivity contribution in [3.05, 3.63) is 35.1 Å². The minimum Gasteiger partial charge on any atom is -0.312 e. The van der Waals surface area contributed by atoms with E-state index < -0.39 is 17.6 Å². The molecular weight excluding hydrogens is 296 g/mol. The molecule has 114 valence electrons. The average molecular weight is 313 g/mol. The van der Waals surface area contributed by atoms with Gasteiger partial charge in [0.25, 0.3) is 0 Å². The quantitative estimate of drug-likeness (QED) is 0.844. The van der Waals surface area contributed by atoms with Crippen LogP contribution in [0.3, 0.4) is 0 Å². The Bertz CT molecular complexity index is 450. The lowest BCUT2D eigenvalue weighted by atomic mass is 10.1. The molecule has 2 rings (SSSR count). The van der Waals surface area contributed by atoms with Crippen molar-refractivity contribution in [2.75, 3.05) is 19.6 Å². The second kappa shape index (κ2) is 6.74. The van der Waals surface area contributed by atoms with E-state index in [1.54, 1.807) is 0 Å². The van der Waals surface area contributed by atoms with Crippen LogP contribution < -0.4 is 5.32 Å². The van der Waals surface area contributed by atoms with E-state index in [-0.39, 0.29) is 12.4 Å². The highest BCUT2D eigenvalue weighted by Crippen LogP contribution is 2.32. The fraction of sp³-hybridized carbons (Fsp3) is 0.538. The van der Waals surface area contributed by atoms with Gasteiger partial charge in [-0.05, 0) is 24.6 Å². The van der Waals surface area contributed by atoms with Crippen LogP contribution in [0.4, 0.5) is 17.6 Å². The molecule has 1 aliphatic heterocycles. The topological polar surface area (TPSA) is 15.3 Å². The molecule has 1 saturated heterocycles. The van der Waals surface area contributed by atoms with Gasteiger partial charge in [0.1, 0.15) is 5.82 Å². The van der Waals surface area contributed by atoms with Gasteiger partial charge in [-0.2, -0.15) is 13.2 Å². The molecule has 1 atom stereocenters. The molecule has 0 bridgehead atoms. The van der Waals surface area contributed by atoms with Crippen molar-refractivity contribution < 1.29 is 17.6 Å². The molecule has 0 radical (unpaired) electrons.